The molecule has 1 fully saturated rings. The van der Waals surface area contributed by atoms with Gasteiger partial charge in [0.25, 0.3) is 0 Å². The fraction of sp³-hybridized carbons (Fsp3) is 0.538. The van der Waals surface area contributed by atoms with E-state index in [0.717, 1.165) is 45.1 Å². The maximum absolute atomic E-state index is 5.67. The molecule has 0 unspecified atom stereocenters. The number of halogens is 1. The van der Waals surface area contributed by atoms with Crippen LogP contribution in [0, 0.1) is 0 Å². The molecule has 8 heteroatoms. The summed E-state index contributed by atoms with van der Waals surface area (Å²) >= 11 is 1.59. The van der Waals surface area contributed by atoms with Crippen LogP contribution in [0.4, 0.5) is 5.13 Å². The van der Waals surface area contributed by atoms with Crippen LogP contribution in [-0.4, -0.2) is 50.5 Å². The third-order valence-electron chi connectivity index (χ3n) is 3.70. The van der Waals surface area contributed by atoms with Gasteiger partial charge in [-0.1, -0.05) is 0 Å². The number of nitrogens with two attached hydrogens (primary N) is 1. The van der Waals surface area contributed by atoms with E-state index < -0.39 is 0 Å². The monoisotopic (exact) mass is 328 g/mol. The summed E-state index contributed by atoms with van der Waals surface area (Å²) in [6.45, 7) is 6.24. The number of aromatic nitrogens is 3. The first-order valence-corrected chi connectivity index (χ1v) is 7.63. The van der Waals surface area contributed by atoms with Gasteiger partial charge >= 0.3 is 0 Å². The van der Waals surface area contributed by atoms with Crippen LogP contribution >= 0.6 is 23.7 Å². The van der Waals surface area contributed by atoms with Crippen LogP contribution in [0.2, 0.25) is 0 Å². The molecule has 2 aromatic rings. The van der Waals surface area contributed by atoms with E-state index in [0.29, 0.717) is 5.13 Å². The van der Waals surface area contributed by atoms with Crippen molar-refractivity contribution in [1.29, 1.82) is 0 Å². The van der Waals surface area contributed by atoms with E-state index in [4.69, 9.17) is 5.73 Å². The summed E-state index contributed by atoms with van der Waals surface area (Å²) in [6, 6.07) is 0. The largest absolute Gasteiger partial charge is 0.375 e. The predicted molar refractivity (Wildman–Crippen MR) is 87.5 cm³/mol. The van der Waals surface area contributed by atoms with Crippen molar-refractivity contribution in [2.75, 3.05) is 31.9 Å². The van der Waals surface area contributed by atoms with E-state index in [2.05, 4.69) is 24.3 Å². The Hall–Kier alpha value is -1.15. The number of anilines is 1. The Labute approximate surface area is 135 Å². The lowest BCUT2D eigenvalue weighted by molar-refractivity contribution is 0.120. The highest BCUT2D eigenvalue weighted by atomic mass is 35.5. The molecule has 21 heavy (non-hydrogen) atoms. The minimum atomic E-state index is 0. The van der Waals surface area contributed by atoms with Crippen molar-refractivity contribution in [3.63, 3.8) is 0 Å². The average molecular weight is 329 g/mol. The molecule has 3 rings (SSSR count). The van der Waals surface area contributed by atoms with Crippen molar-refractivity contribution in [1.82, 2.24) is 24.3 Å². The van der Waals surface area contributed by atoms with E-state index in [-0.39, 0.29) is 12.4 Å². The van der Waals surface area contributed by atoms with Crippen LogP contribution in [-0.2, 0) is 20.1 Å². The summed E-state index contributed by atoms with van der Waals surface area (Å²) in [5.41, 5.74) is 5.67. The second-order valence-corrected chi connectivity index (χ2v) is 6.32. The first kappa shape index (κ1) is 16.2. The number of nitrogens with zero attached hydrogens (tertiary/aromatic N) is 5. The van der Waals surface area contributed by atoms with Gasteiger partial charge < -0.3 is 10.3 Å². The Morgan fingerprint density at radius 2 is 1.81 bits per heavy atom. The molecule has 6 nitrogen and oxygen atoms in total. The minimum Gasteiger partial charge on any atom is -0.375 e. The Bertz CT molecular complexity index is 561. The SMILES string of the molecule is Cl.Cn1ccnc1CN1CCN(Cc2cnc(N)s2)CC1. The summed E-state index contributed by atoms with van der Waals surface area (Å²) < 4.78 is 2.09. The van der Waals surface area contributed by atoms with Crippen molar-refractivity contribution in [2.24, 2.45) is 7.05 Å². The van der Waals surface area contributed by atoms with E-state index in [1.54, 1.807) is 11.3 Å². The minimum absolute atomic E-state index is 0. The summed E-state index contributed by atoms with van der Waals surface area (Å²) in [4.78, 5) is 14.7. The van der Waals surface area contributed by atoms with Crippen LogP contribution in [0.5, 0.6) is 0 Å². The van der Waals surface area contributed by atoms with Gasteiger partial charge in [0, 0.05) is 63.2 Å². The van der Waals surface area contributed by atoms with E-state index in [1.807, 2.05) is 25.6 Å². The first-order valence-electron chi connectivity index (χ1n) is 6.82. The lowest BCUT2D eigenvalue weighted by Gasteiger charge is -2.34. The zero-order valence-electron chi connectivity index (χ0n) is 12.1. The molecule has 2 N–H and O–H groups in total. The summed E-state index contributed by atoms with van der Waals surface area (Å²) in [6.07, 6.45) is 5.75. The van der Waals surface area contributed by atoms with Crippen LogP contribution in [0.3, 0.4) is 0 Å². The molecule has 0 spiro atoms. The number of thiazole rings is 1. The fourth-order valence-electron chi connectivity index (χ4n) is 2.47. The normalized spacial score (nSPS) is 16.8. The van der Waals surface area contributed by atoms with Gasteiger partial charge in [-0.15, -0.1) is 23.7 Å². The van der Waals surface area contributed by atoms with Crippen molar-refractivity contribution < 1.29 is 0 Å². The van der Waals surface area contributed by atoms with Gasteiger partial charge in [-0.3, -0.25) is 9.80 Å². The van der Waals surface area contributed by atoms with E-state index in [1.165, 1.54) is 4.88 Å². The van der Waals surface area contributed by atoms with Crippen molar-refractivity contribution >= 4 is 28.9 Å². The number of rotatable bonds is 4. The van der Waals surface area contributed by atoms with Gasteiger partial charge in [0.1, 0.15) is 5.82 Å². The number of hydrogen-bond acceptors (Lipinski definition) is 6. The van der Waals surface area contributed by atoms with Gasteiger partial charge in [0.2, 0.25) is 0 Å². The predicted octanol–water partition coefficient (Wildman–Crippen LogP) is 1.20. The molecule has 1 aliphatic rings. The van der Waals surface area contributed by atoms with Gasteiger partial charge in [-0.2, -0.15) is 0 Å². The number of hydrogen-bond donors (Lipinski definition) is 1. The molecule has 0 atom stereocenters. The van der Waals surface area contributed by atoms with Gasteiger partial charge in [-0.05, 0) is 0 Å². The number of aryl methyl sites for hydroxylation is 1. The third-order valence-corrected chi connectivity index (χ3v) is 4.51. The van der Waals surface area contributed by atoms with Crippen molar-refractivity contribution in [2.45, 2.75) is 13.1 Å². The lowest BCUT2D eigenvalue weighted by atomic mass is 10.3. The topological polar surface area (TPSA) is 63.2 Å². The van der Waals surface area contributed by atoms with E-state index >= 15 is 0 Å². The molecule has 2 aromatic heterocycles. The zero-order chi connectivity index (χ0) is 13.9. The molecular weight excluding hydrogens is 308 g/mol. The van der Waals surface area contributed by atoms with Gasteiger partial charge in [0.15, 0.2) is 5.13 Å². The lowest BCUT2D eigenvalue weighted by Crippen LogP contribution is -2.45. The van der Waals surface area contributed by atoms with Crippen molar-refractivity contribution in [3.05, 3.63) is 29.3 Å². The van der Waals surface area contributed by atoms with E-state index in [9.17, 15) is 0 Å². The molecule has 0 amide bonds. The quantitative estimate of drug-likeness (QED) is 0.913. The second kappa shape index (κ2) is 7.22. The fourth-order valence-corrected chi connectivity index (χ4v) is 3.20. The maximum Gasteiger partial charge on any atom is 0.180 e. The van der Waals surface area contributed by atoms with Crippen LogP contribution in [0.15, 0.2) is 18.6 Å². The molecule has 0 aliphatic carbocycles. The Morgan fingerprint density at radius 1 is 1.14 bits per heavy atom. The smallest absolute Gasteiger partial charge is 0.180 e. The van der Waals surface area contributed by atoms with Crippen LogP contribution < -0.4 is 5.73 Å². The molecule has 0 radical (unpaired) electrons. The molecule has 3 heterocycles. The van der Waals surface area contributed by atoms with Crippen LogP contribution in [0.25, 0.3) is 0 Å². The highest BCUT2D eigenvalue weighted by molar-refractivity contribution is 7.15. The molecule has 0 saturated carbocycles. The van der Waals surface area contributed by atoms with Gasteiger partial charge in [0.05, 0.1) is 6.54 Å². The number of imidazole rings is 1. The Balaban J connectivity index is 0.00000161. The summed E-state index contributed by atoms with van der Waals surface area (Å²) in [5, 5.41) is 0.661. The number of piperazine rings is 1. The second-order valence-electron chi connectivity index (χ2n) is 5.17. The molecule has 1 saturated heterocycles. The van der Waals surface area contributed by atoms with Crippen LogP contribution in [0.1, 0.15) is 10.7 Å². The highest BCUT2D eigenvalue weighted by Gasteiger charge is 2.18. The third kappa shape index (κ3) is 4.16. The average Bonchev–Trinajstić information content (AvgIpc) is 3.02. The molecular formula is C13H21ClN6S. The zero-order valence-corrected chi connectivity index (χ0v) is 13.7. The molecule has 1 aliphatic heterocycles. The molecule has 116 valence electrons. The summed E-state index contributed by atoms with van der Waals surface area (Å²) in [7, 11) is 2.05. The first-order chi connectivity index (χ1) is 9.70. The standard InChI is InChI=1S/C13H20N6S.ClH/c1-17-3-2-15-12(17)10-19-6-4-18(5-7-19)9-11-8-16-13(14)20-11;/h2-3,8H,4-7,9-10H2,1H3,(H2,14,16);1H. The Kier molecular flexibility index (Phi) is 5.58. The Morgan fingerprint density at radius 3 is 2.33 bits per heavy atom. The number of nitrogen functional groups attached to an aromatic ring is 1. The van der Waals surface area contributed by atoms with Gasteiger partial charge in [-0.25, -0.2) is 9.97 Å². The molecule has 0 bridgehead atoms. The summed E-state index contributed by atoms with van der Waals surface area (Å²) in [5.74, 6) is 1.13. The molecule has 0 aromatic carbocycles. The highest BCUT2D eigenvalue weighted by Crippen LogP contribution is 2.17. The maximum atomic E-state index is 5.67. The van der Waals surface area contributed by atoms with Crippen molar-refractivity contribution in [3.8, 4) is 0 Å².